The third-order valence-electron chi connectivity index (χ3n) is 3.28. The molecule has 0 spiro atoms. The lowest BCUT2D eigenvalue weighted by atomic mass is 10.2. The Bertz CT molecular complexity index is 719. The zero-order chi connectivity index (χ0) is 16.5. The molecule has 2 rings (SSSR count). The first-order valence-corrected chi connectivity index (χ1v) is 7.86. The molecule has 9 heteroatoms. The van der Waals surface area contributed by atoms with Crippen LogP contribution in [0.2, 0.25) is 0 Å². The molecule has 120 valence electrons. The number of anilines is 2. The lowest BCUT2D eigenvalue weighted by Gasteiger charge is -2.20. The normalized spacial score (nSPS) is 18.4. The summed E-state index contributed by atoms with van der Waals surface area (Å²) in [5, 5.41) is 1.16. The van der Waals surface area contributed by atoms with Gasteiger partial charge in [-0.15, -0.1) is 3.89 Å². The van der Waals surface area contributed by atoms with Gasteiger partial charge in [0.05, 0.1) is 12.8 Å². The SMILES string of the molecule is COc1ccc(NC(C)=O)cc1N1CC(S(=O)(=O)F)CC1=O. The van der Waals surface area contributed by atoms with Crippen LogP contribution < -0.4 is 15.0 Å². The van der Waals surface area contributed by atoms with Crippen LogP contribution in [0.1, 0.15) is 13.3 Å². The van der Waals surface area contributed by atoms with E-state index in [4.69, 9.17) is 4.74 Å². The fourth-order valence-electron chi connectivity index (χ4n) is 2.28. The quantitative estimate of drug-likeness (QED) is 0.833. The standard InChI is InChI=1S/C13H15FN2O5S/c1-8(17)15-9-3-4-12(21-2)11(5-9)16-7-10(6-13(16)18)22(14,19)20/h3-5,10H,6-7H2,1-2H3,(H,15,17). The molecule has 22 heavy (non-hydrogen) atoms. The molecule has 7 nitrogen and oxygen atoms in total. The van der Waals surface area contributed by atoms with E-state index in [0.717, 1.165) is 4.90 Å². The van der Waals surface area contributed by atoms with E-state index in [2.05, 4.69) is 5.32 Å². The predicted octanol–water partition coefficient (Wildman–Crippen LogP) is 1.06. The first-order valence-electron chi connectivity index (χ1n) is 6.42. The highest BCUT2D eigenvalue weighted by Gasteiger charge is 2.40. The van der Waals surface area contributed by atoms with Crippen molar-refractivity contribution in [3.63, 3.8) is 0 Å². The van der Waals surface area contributed by atoms with Gasteiger partial charge in [0, 0.05) is 25.6 Å². The Balaban J connectivity index is 2.38. The van der Waals surface area contributed by atoms with E-state index in [0.29, 0.717) is 11.4 Å². The number of nitrogens with zero attached hydrogens (tertiary/aromatic N) is 1. The Labute approximate surface area is 127 Å². The van der Waals surface area contributed by atoms with E-state index in [1.807, 2.05) is 0 Å². The van der Waals surface area contributed by atoms with Crippen LogP contribution in [0.25, 0.3) is 0 Å². The second-order valence-corrected chi connectivity index (χ2v) is 6.49. The van der Waals surface area contributed by atoms with Crippen LogP contribution in [0.15, 0.2) is 18.2 Å². The van der Waals surface area contributed by atoms with Gasteiger partial charge in [-0.25, -0.2) is 0 Å². The minimum absolute atomic E-state index is 0.282. The molecule has 0 saturated carbocycles. The molecule has 1 aromatic carbocycles. The number of carbonyl (C=O) groups excluding carboxylic acids is 2. The van der Waals surface area contributed by atoms with Crippen molar-refractivity contribution < 1.29 is 26.6 Å². The van der Waals surface area contributed by atoms with Crippen molar-refractivity contribution >= 4 is 33.4 Å². The molecule has 0 aromatic heterocycles. The lowest BCUT2D eigenvalue weighted by molar-refractivity contribution is -0.117. The topological polar surface area (TPSA) is 92.8 Å². The summed E-state index contributed by atoms with van der Waals surface area (Å²) < 4.78 is 40.2. The number of methoxy groups -OCH3 is 1. The molecule has 1 aliphatic heterocycles. The maximum Gasteiger partial charge on any atom is 0.307 e. The molecule has 1 fully saturated rings. The van der Waals surface area contributed by atoms with E-state index in [1.165, 1.54) is 26.2 Å². The average Bonchev–Trinajstić information content (AvgIpc) is 2.80. The van der Waals surface area contributed by atoms with E-state index in [1.54, 1.807) is 6.07 Å². The summed E-state index contributed by atoms with van der Waals surface area (Å²) in [6, 6.07) is 4.59. The average molecular weight is 330 g/mol. The fraction of sp³-hybridized carbons (Fsp3) is 0.385. The highest BCUT2D eigenvalue weighted by atomic mass is 32.3. The molecule has 0 bridgehead atoms. The number of nitrogens with one attached hydrogen (secondary N) is 1. The molecule has 0 aliphatic carbocycles. The molecular formula is C13H15FN2O5S. The summed E-state index contributed by atoms with van der Waals surface area (Å²) in [5.74, 6) is -0.503. The van der Waals surface area contributed by atoms with Crippen LogP contribution in [0.5, 0.6) is 5.75 Å². The minimum atomic E-state index is -4.80. The van der Waals surface area contributed by atoms with Crippen molar-refractivity contribution in [1.82, 2.24) is 0 Å². The number of ether oxygens (including phenoxy) is 1. The molecule has 1 saturated heterocycles. The zero-order valence-electron chi connectivity index (χ0n) is 12.0. The second kappa shape index (κ2) is 5.91. The van der Waals surface area contributed by atoms with E-state index in [9.17, 15) is 21.9 Å². The van der Waals surface area contributed by atoms with Crippen molar-refractivity contribution in [3.05, 3.63) is 18.2 Å². The largest absolute Gasteiger partial charge is 0.495 e. The molecule has 1 aliphatic rings. The number of hydrogen-bond donors (Lipinski definition) is 1. The van der Waals surface area contributed by atoms with Crippen LogP contribution in [0.4, 0.5) is 15.3 Å². The van der Waals surface area contributed by atoms with Gasteiger partial charge in [-0.05, 0) is 18.2 Å². The maximum atomic E-state index is 13.1. The Kier molecular flexibility index (Phi) is 4.36. The fourth-order valence-corrected chi connectivity index (χ4v) is 2.95. The number of rotatable bonds is 4. The van der Waals surface area contributed by atoms with Crippen LogP contribution in [0, 0.1) is 0 Å². The summed E-state index contributed by atoms with van der Waals surface area (Å²) in [5.41, 5.74) is 0.701. The van der Waals surface area contributed by atoms with Crippen molar-refractivity contribution in [1.29, 1.82) is 0 Å². The Morgan fingerprint density at radius 3 is 2.64 bits per heavy atom. The number of carbonyl (C=O) groups is 2. The third kappa shape index (κ3) is 3.35. The number of hydrogen-bond acceptors (Lipinski definition) is 5. The van der Waals surface area contributed by atoms with Gasteiger partial charge in [0.2, 0.25) is 11.8 Å². The van der Waals surface area contributed by atoms with E-state index < -0.39 is 27.8 Å². The summed E-state index contributed by atoms with van der Waals surface area (Å²) in [7, 11) is -3.41. The van der Waals surface area contributed by atoms with Gasteiger partial charge in [0.25, 0.3) is 0 Å². The molecule has 0 radical (unpaired) electrons. The monoisotopic (exact) mass is 330 g/mol. The van der Waals surface area contributed by atoms with Crippen molar-refractivity contribution in [2.45, 2.75) is 18.6 Å². The Morgan fingerprint density at radius 1 is 1.45 bits per heavy atom. The number of halogens is 1. The summed E-state index contributed by atoms with van der Waals surface area (Å²) in [4.78, 5) is 24.2. The molecule has 1 N–H and O–H groups in total. The highest BCUT2D eigenvalue weighted by Crippen LogP contribution is 2.35. The number of benzene rings is 1. The first-order chi connectivity index (χ1) is 10.2. The smallest absolute Gasteiger partial charge is 0.307 e. The van der Waals surface area contributed by atoms with Crippen molar-refractivity contribution in [2.75, 3.05) is 23.9 Å². The van der Waals surface area contributed by atoms with Crippen LogP contribution in [0.3, 0.4) is 0 Å². The minimum Gasteiger partial charge on any atom is -0.495 e. The third-order valence-corrected chi connectivity index (χ3v) is 4.39. The van der Waals surface area contributed by atoms with Crippen molar-refractivity contribution in [2.24, 2.45) is 0 Å². The van der Waals surface area contributed by atoms with Crippen molar-refractivity contribution in [3.8, 4) is 5.75 Å². The van der Waals surface area contributed by atoms with Gasteiger partial charge >= 0.3 is 10.2 Å². The van der Waals surface area contributed by atoms with E-state index >= 15 is 0 Å². The Morgan fingerprint density at radius 2 is 2.14 bits per heavy atom. The summed E-state index contributed by atoms with van der Waals surface area (Å²) >= 11 is 0. The van der Waals surface area contributed by atoms with Gasteiger partial charge < -0.3 is 15.0 Å². The van der Waals surface area contributed by atoms with Gasteiger partial charge in [0.1, 0.15) is 11.0 Å². The summed E-state index contributed by atoms with van der Waals surface area (Å²) in [6.07, 6.45) is -0.424. The zero-order valence-corrected chi connectivity index (χ0v) is 12.8. The van der Waals surface area contributed by atoms with E-state index in [-0.39, 0.29) is 18.1 Å². The predicted molar refractivity (Wildman–Crippen MR) is 78.1 cm³/mol. The molecule has 1 unspecified atom stereocenters. The van der Waals surface area contributed by atoms with Gasteiger partial charge in [-0.1, -0.05) is 0 Å². The molecule has 1 aromatic rings. The Hall–Kier alpha value is -2.16. The van der Waals surface area contributed by atoms with Crippen LogP contribution >= 0.6 is 0 Å². The molecule has 1 atom stereocenters. The molecular weight excluding hydrogens is 315 g/mol. The first kappa shape index (κ1) is 16.2. The maximum absolute atomic E-state index is 13.1. The molecule has 2 amide bonds. The second-order valence-electron chi connectivity index (χ2n) is 4.87. The van der Waals surface area contributed by atoms with Gasteiger partial charge in [-0.3, -0.25) is 9.59 Å². The number of amides is 2. The van der Waals surface area contributed by atoms with Gasteiger partial charge in [0.15, 0.2) is 0 Å². The highest BCUT2D eigenvalue weighted by molar-refractivity contribution is 7.87. The molecule has 1 heterocycles. The van der Waals surface area contributed by atoms with Gasteiger partial charge in [-0.2, -0.15) is 8.42 Å². The van der Waals surface area contributed by atoms with Crippen LogP contribution in [-0.4, -0.2) is 39.1 Å². The van der Waals surface area contributed by atoms with Crippen LogP contribution in [-0.2, 0) is 19.8 Å². The lowest BCUT2D eigenvalue weighted by Crippen LogP contribution is -2.27. The summed E-state index contributed by atoms with van der Waals surface area (Å²) in [6.45, 7) is 1.04.